The number of alkyl halides is 2. The van der Waals surface area contributed by atoms with Crippen LogP contribution in [0.3, 0.4) is 0 Å². The Balaban J connectivity index is 2.80. The predicted molar refractivity (Wildman–Crippen MR) is 84.0 cm³/mol. The Labute approximate surface area is 130 Å². The van der Waals surface area contributed by atoms with Crippen LogP contribution in [0, 0.1) is 13.8 Å². The molecule has 1 aromatic rings. The van der Waals surface area contributed by atoms with E-state index in [1.807, 2.05) is 13.8 Å². The van der Waals surface area contributed by atoms with Crippen LogP contribution in [-0.2, 0) is 22.4 Å². The van der Waals surface area contributed by atoms with E-state index in [9.17, 15) is 9.59 Å². The van der Waals surface area contributed by atoms with E-state index in [1.165, 1.54) is 11.1 Å². The highest BCUT2D eigenvalue weighted by molar-refractivity contribution is 6.27. The molecule has 1 aromatic carbocycles. The fourth-order valence-electron chi connectivity index (χ4n) is 2.17. The molecule has 0 spiro atoms. The van der Waals surface area contributed by atoms with E-state index in [4.69, 9.17) is 23.2 Å². The Morgan fingerprint density at radius 3 is 1.60 bits per heavy atom. The SMILES string of the molecule is Cc1cc(C)c(CCC(=O)CCl)cc1CCC(=O)CCl. The Hall–Kier alpha value is -0.860. The molecule has 0 atom stereocenters. The highest BCUT2D eigenvalue weighted by Gasteiger charge is 2.09. The molecule has 0 saturated carbocycles. The fraction of sp³-hybridized carbons (Fsp3) is 0.500. The largest absolute Gasteiger partial charge is 0.298 e. The molecule has 0 radical (unpaired) electrons. The van der Waals surface area contributed by atoms with Crippen LogP contribution < -0.4 is 0 Å². The van der Waals surface area contributed by atoms with Crippen molar-refractivity contribution >= 4 is 34.8 Å². The number of Topliss-reactive ketones (excluding diaryl/α,β-unsaturated/α-hetero) is 2. The van der Waals surface area contributed by atoms with Gasteiger partial charge in [0.2, 0.25) is 0 Å². The molecule has 0 heterocycles. The first-order valence-corrected chi connectivity index (χ1v) is 7.79. The number of rotatable bonds is 8. The second-order valence-electron chi connectivity index (χ2n) is 5.05. The summed E-state index contributed by atoms with van der Waals surface area (Å²) in [5.41, 5.74) is 4.67. The van der Waals surface area contributed by atoms with E-state index >= 15 is 0 Å². The van der Waals surface area contributed by atoms with Crippen molar-refractivity contribution in [1.29, 1.82) is 0 Å². The number of hydrogen-bond donors (Lipinski definition) is 0. The number of ketones is 2. The van der Waals surface area contributed by atoms with Crippen LogP contribution >= 0.6 is 23.2 Å². The van der Waals surface area contributed by atoms with Gasteiger partial charge < -0.3 is 0 Å². The molecule has 0 fully saturated rings. The van der Waals surface area contributed by atoms with E-state index < -0.39 is 0 Å². The van der Waals surface area contributed by atoms with Crippen LogP contribution in [0.15, 0.2) is 12.1 Å². The molecule has 1 rings (SSSR count). The lowest BCUT2D eigenvalue weighted by Gasteiger charge is -2.12. The second kappa shape index (κ2) is 8.43. The Kier molecular flexibility index (Phi) is 7.25. The summed E-state index contributed by atoms with van der Waals surface area (Å²) in [6.07, 6.45) is 2.34. The van der Waals surface area contributed by atoms with Crippen molar-refractivity contribution in [2.24, 2.45) is 0 Å². The maximum absolute atomic E-state index is 11.3. The van der Waals surface area contributed by atoms with E-state index in [1.54, 1.807) is 0 Å². The Morgan fingerprint density at radius 1 is 0.850 bits per heavy atom. The summed E-state index contributed by atoms with van der Waals surface area (Å²) in [6.45, 7) is 4.09. The summed E-state index contributed by atoms with van der Waals surface area (Å²) in [5, 5.41) is 0. The lowest BCUT2D eigenvalue weighted by molar-refractivity contribution is -0.117. The lowest BCUT2D eigenvalue weighted by Crippen LogP contribution is -2.05. The van der Waals surface area contributed by atoms with Gasteiger partial charge in [-0.05, 0) is 48.9 Å². The molecule has 0 saturated heterocycles. The average molecular weight is 315 g/mol. The van der Waals surface area contributed by atoms with Gasteiger partial charge >= 0.3 is 0 Å². The van der Waals surface area contributed by atoms with Gasteiger partial charge in [0, 0.05) is 12.8 Å². The van der Waals surface area contributed by atoms with Crippen molar-refractivity contribution in [2.45, 2.75) is 39.5 Å². The van der Waals surface area contributed by atoms with Gasteiger partial charge in [-0.2, -0.15) is 0 Å². The molecule has 20 heavy (non-hydrogen) atoms. The van der Waals surface area contributed by atoms with Crippen LogP contribution in [0.5, 0.6) is 0 Å². The van der Waals surface area contributed by atoms with Crippen LogP contribution in [0.4, 0.5) is 0 Å². The first-order chi connectivity index (χ1) is 9.47. The van der Waals surface area contributed by atoms with Crippen LogP contribution in [0.2, 0.25) is 0 Å². The van der Waals surface area contributed by atoms with Crippen LogP contribution in [-0.4, -0.2) is 23.3 Å². The molecule has 0 aromatic heterocycles. The number of carbonyl (C=O) groups is 2. The van der Waals surface area contributed by atoms with Gasteiger partial charge in [-0.3, -0.25) is 9.59 Å². The van der Waals surface area contributed by atoms with Crippen LogP contribution in [0.1, 0.15) is 35.1 Å². The predicted octanol–water partition coefficient (Wildman–Crippen LogP) is 3.78. The first kappa shape index (κ1) is 17.2. The van der Waals surface area contributed by atoms with E-state index in [2.05, 4.69) is 12.1 Å². The van der Waals surface area contributed by atoms with Crippen LogP contribution in [0.25, 0.3) is 0 Å². The summed E-state index contributed by atoms with van der Waals surface area (Å²) >= 11 is 11.0. The number of aryl methyl sites for hydroxylation is 4. The van der Waals surface area contributed by atoms with Crippen molar-refractivity contribution in [3.8, 4) is 0 Å². The molecule has 0 aliphatic carbocycles. The number of halogens is 2. The molecule has 2 nitrogen and oxygen atoms in total. The normalized spacial score (nSPS) is 10.6. The second-order valence-corrected chi connectivity index (χ2v) is 5.58. The first-order valence-electron chi connectivity index (χ1n) is 6.72. The Morgan fingerprint density at radius 2 is 1.25 bits per heavy atom. The highest BCUT2D eigenvalue weighted by Crippen LogP contribution is 2.19. The molecule has 0 N–H and O–H groups in total. The molecule has 4 heteroatoms. The summed E-state index contributed by atoms with van der Waals surface area (Å²) in [7, 11) is 0. The maximum Gasteiger partial charge on any atom is 0.147 e. The van der Waals surface area contributed by atoms with Gasteiger partial charge in [-0.25, -0.2) is 0 Å². The molecule has 0 bridgehead atoms. The number of benzene rings is 1. The quantitative estimate of drug-likeness (QED) is 0.684. The molecule has 0 aliphatic heterocycles. The number of carbonyl (C=O) groups excluding carboxylic acids is 2. The summed E-state index contributed by atoms with van der Waals surface area (Å²) in [4.78, 5) is 22.6. The zero-order chi connectivity index (χ0) is 15.1. The van der Waals surface area contributed by atoms with Crippen molar-refractivity contribution in [3.63, 3.8) is 0 Å². The molecule has 0 amide bonds. The lowest BCUT2D eigenvalue weighted by atomic mass is 9.94. The van der Waals surface area contributed by atoms with E-state index in [0.717, 1.165) is 11.1 Å². The summed E-state index contributed by atoms with van der Waals surface area (Å²) in [5.74, 6) is 0.264. The molecular weight excluding hydrogens is 295 g/mol. The zero-order valence-corrected chi connectivity index (χ0v) is 13.5. The summed E-state index contributed by atoms with van der Waals surface area (Å²) < 4.78 is 0. The minimum Gasteiger partial charge on any atom is -0.298 e. The van der Waals surface area contributed by atoms with Crippen molar-refractivity contribution in [2.75, 3.05) is 11.8 Å². The van der Waals surface area contributed by atoms with Gasteiger partial charge in [0.05, 0.1) is 11.8 Å². The van der Waals surface area contributed by atoms with Gasteiger partial charge in [0.25, 0.3) is 0 Å². The average Bonchev–Trinajstić information content (AvgIpc) is 2.44. The third-order valence-corrected chi connectivity index (χ3v) is 4.04. The van der Waals surface area contributed by atoms with Gasteiger partial charge in [-0.15, -0.1) is 23.2 Å². The monoisotopic (exact) mass is 314 g/mol. The number of hydrogen-bond acceptors (Lipinski definition) is 2. The molecule has 0 unspecified atom stereocenters. The van der Waals surface area contributed by atoms with Gasteiger partial charge in [0.1, 0.15) is 11.6 Å². The Bertz CT molecular complexity index is 454. The minimum atomic E-state index is 0.0607. The summed E-state index contributed by atoms with van der Waals surface area (Å²) in [6, 6.07) is 4.22. The topological polar surface area (TPSA) is 34.1 Å². The van der Waals surface area contributed by atoms with E-state index in [-0.39, 0.29) is 23.3 Å². The third-order valence-electron chi connectivity index (χ3n) is 3.44. The molecule has 0 aliphatic rings. The smallest absolute Gasteiger partial charge is 0.147 e. The van der Waals surface area contributed by atoms with Crippen molar-refractivity contribution in [1.82, 2.24) is 0 Å². The van der Waals surface area contributed by atoms with Gasteiger partial charge in [-0.1, -0.05) is 12.1 Å². The zero-order valence-electron chi connectivity index (χ0n) is 12.0. The standard InChI is InChI=1S/C16H20Cl2O2/c1-11-7-12(2)14(4-6-16(20)10-18)8-13(11)3-5-15(19)9-17/h7-8H,3-6,9-10H2,1-2H3. The maximum atomic E-state index is 11.3. The molecule has 110 valence electrons. The fourth-order valence-corrected chi connectivity index (χ4v) is 2.44. The minimum absolute atomic E-state index is 0.0607. The van der Waals surface area contributed by atoms with E-state index in [0.29, 0.717) is 25.7 Å². The van der Waals surface area contributed by atoms with Gasteiger partial charge in [0.15, 0.2) is 0 Å². The molecular formula is C16H20Cl2O2. The van der Waals surface area contributed by atoms with Crippen molar-refractivity contribution < 1.29 is 9.59 Å². The van der Waals surface area contributed by atoms with Crippen molar-refractivity contribution in [3.05, 3.63) is 34.4 Å². The highest BCUT2D eigenvalue weighted by atomic mass is 35.5. The third kappa shape index (κ3) is 5.26.